The molecule has 0 atom stereocenters. The number of nitrogens with zero attached hydrogens (tertiary/aromatic N) is 2. The second kappa shape index (κ2) is 8.47. The molecule has 0 aromatic heterocycles. The molecule has 1 saturated carbocycles. The summed E-state index contributed by atoms with van der Waals surface area (Å²) in [5.74, 6) is 0. The molecule has 0 radical (unpaired) electrons. The lowest BCUT2D eigenvalue weighted by Gasteiger charge is -2.22. The fourth-order valence-corrected chi connectivity index (χ4v) is 4.05. The van der Waals surface area contributed by atoms with Crippen LogP contribution in [-0.2, 0) is 11.3 Å². The molecule has 0 bridgehead atoms. The van der Waals surface area contributed by atoms with Gasteiger partial charge < -0.3 is 9.64 Å². The second-order valence-corrected chi connectivity index (χ2v) is 7.27. The van der Waals surface area contributed by atoms with Gasteiger partial charge in [-0.3, -0.25) is 0 Å². The molecule has 0 spiro atoms. The standard InChI is InChI=1S/C18H26N2OS/c1-3-9-16(10-4-1)15-21-18(20-13-7-8-14-20)19-22-17-11-5-2-6-12-17/h1,3-4,9-10,17H,2,5-8,11-15H2/b19-18+. The molecule has 3 rings (SSSR count). The second-order valence-electron chi connectivity index (χ2n) is 6.21. The zero-order valence-corrected chi connectivity index (χ0v) is 14.1. The van der Waals surface area contributed by atoms with Gasteiger partial charge in [0.15, 0.2) is 0 Å². The van der Waals surface area contributed by atoms with Crippen molar-refractivity contribution in [1.82, 2.24) is 4.90 Å². The minimum Gasteiger partial charge on any atom is -0.460 e. The van der Waals surface area contributed by atoms with Gasteiger partial charge in [-0.25, -0.2) is 0 Å². The quantitative estimate of drug-likeness (QED) is 0.459. The van der Waals surface area contributed by atoms with E-state index in [1.54, 1.807) is 11.9 Å². The molecule has 1 aliphatic carbocycles. The van der Waals surface area contributed by atoms with E-state index >= 15 is 0 Å². The third-order valence-corrected chi connectivity index (χ3v) is 5.45. The van der Waals surface area contributed by atoms with Gasteiger partial charge in [-0.2, -0.15) is 4.40 Å². The highest BCUT2D eigenvalue weighted by Crippen LogP contribution is 2.29. The van der Waals surface area contributed by atoms with Gasteiger partial charge >= 0.3 is 0 Å². The zero-order valence-electron chi connectivity index (χ0n) is 13.2. The van der Waals surface area contributed by atoms with Gasteiger partial charge in [-0.15, -0.1) is 0 Å². The van der Waals surface area contributed by atoms with Crippen molar-refractivity contribution in [3.05, 3.63) is 35.9 Å². The van der Waals surface area contributed by atoms with Crippen LogP contribution in [0.25, 0.3) is 0 Å². The van der Waals surface area contributed by atoms with Crippen LogP contribution in [0.2, 0.25) is 0 Å². The van der Waals surface area contributed by atoms with Crippen LogP contribution in [0.1, 0.15) is 50.5 Å². The minimum atomic E-state index is 0.612. The number of amidine groups is 1. The van der Waals surface area contributed by atoms with Crippen molar-refractivity contribution >= 4 is 18.0 Å². The molecule has 3 nitrogen and oxygen atoms in total. The van der Waals surface area contributed by atoms with Crippen molar-refractivity contribution in [2.45, 2.75) is 56.8 Å². The van der Waals surface area contributed by atoms with Crippen molar-refractivity contribution in [3.8, 4) is 0 Å². The van der Waals surface area contributed by atoms with Crippen LogP contribution in [0.5, 0.6) is 0 Å². The summed E-state index contributed by atoms with van der Waals surface area (Å²) in [6, 6.07) is 11.2. The highest BCUT2D eigenvalue weighted by Gasteiger charge is 2.20. The number of rotatable bonds is 4. The van der Waals surface area contributed by atoms with Crippen molar-refractivity contribution in [2.24, 2.45) is 4.40 Å². The topological polar surface area (TPSA) is 24.8 Å². The first kappa shape index (κ1) is 15.7. The molecular weight excluding hydrogens is 292 g/mol. The third-order valence-electron chi connectivity index (χ3n) is 4.42. The molecule has 2 fully saturated rings. The Balaban J connectivity index is 1.58. The van der Waals surface area contributed by atoms with Gasteiger partial charge in [-0.1, -0.05) is 49.6 Å². The Morgan fingerprint density at radius 3 is 2.50 bits per heavy atom. The normalized spacial score (nSPS) is 20.4. The Labute approximate surface area is 138 Å². The maximum Gasteiger partial charge on any atom is 0.299 e. The van der Waals surface area contributed by atoms with Crippen LogP contribution in [0.15, 0.2) is 34.7 Å². The summed E-state index contributed by atoms with van der Waals surface area (Å²) in [4.78, 5) is 2.30. The summed E-state index contributed by atoms with van der Waals surface area (Å²) < 4.78 is 10.8. The summed E-state index contributed by atoms with van der Waals surface area (Å²) in [5, 5.41) is 0.687. The van der Waals surface area contributed by atoms with Crippen LogP contribution in [-0.4, -0.2) is 29.3 Å². The molecule has 120 valence electrons. The van der Waals surface area contributed by atoms with E-state index in [1.165, 1.54) is 50.5 Å². The first-order valence-corrected chi connectivity index (χ1v) is 9.41. The van der Waals surface area contributed by atoms with Crippen LogP contribution >= 0.6 is 11.9 Å². The molecule has 0 unspecified atom stereocenters. The number of benzene rings is 1. The van der Waals surface area contributed by atoms with Crippen molar-refractivity contribution in [3.63, 3.8) is 0 Å². The fraction of sp³-hybridized carbons (Fsp3) is 0.611. The first-order chi connectivity index (χ1) is 10.9. The van der Waals surface area contributed by atoms with E-state index in [-0.39, 0.29) is 0 Å². The summed E-state index contributed by atoms with van der Waals surface area (Å²) in [6.45, 7) is 2.78. The van der Waals surface area contributed by atoms with Gasteiger partial charge in [-0.05, 0) is 43.2 Å². The molecule has 1 heterocycles. The van der Waals surface area contributed by atoms with Gasteiger partial charge in [0.2, 0.25) is 0 Å². The molecule has 1 saturated heterocycles. The molecule has 1 aromatic rings. The lowest BCUT2D eigenvalue weighted by molar-refractivity contribution is 0.236. The monoisotopic (exact) mass is 318 g/mol. The predicted octanol–water partition coefficient (Wildman–Crippen LogP) is 4.64. The Bertz CT molecular complexity index is 465. The van der Waals surface area contributed by atoms with Gasteiger partial charge in [0.25, 0.3) is 6.02 Å². The summed E-state index contributed by atoms with van der Waals surface area (Å²) in [7, 11) is 0. The third kappa shape index (κ3) is 4.67. The molecule has 1 aliphatic heterocycles. The first-order valence-electron chi connectivity index (χ1n) is 8.57. The maximum atomic E-state index is 6.06. The van der Waals surface area contributed by atoms with Crippen LogP contribution in [0.3, 0.4) is 0 Å². The lowest BCUT2D eigenvalue weighted by Crippen LogP contribution is -2.30. The van der Waals surface area contributed by atoms with E-state index in [4.69, 9.17) is 9.13 Å². The van der Waals surface area contributed by atoms with E-state index in [9.17, 15) is 0 Å². The molecule has 22 heavy (non-hydrogen) atoms. The van der Waals surface area contributed by atoms with E-state index in [0.717, 1.165) is 19.1 Å². The Morgan fingerprint density at radius 2 is 1.77 bits per heavy atom. The largest absolute Gasteiger partial charge is 0.460 e. The molecule has 0 N–H and O–H groups in total. The lowest BCUT2D eigenvalue weighted by atomic mass is 10.0. The van der Waals surface area contributed by atoms with Gasteiger partial charge in [0.1, 0.15) is 6.61 Å². The Kier molecular flexibility index (Phi) is 6.05. The molecule has 4 heteroatoms. The number of ether oxygens (including phenoxy) is 1. The number of hydrogen-bond acceptors (Lipinski definition) is 3. The zero-order chi connectivity index (χ0) is 15.0. The molecule has 2 aliphatic rings. The summed E-state index contributed by atoms with van der Waals surface area (Å²) in [6.07, 6.45) is 9.22. The summed E-state index contributed by atoms with van der Waals surface area (Å²) in [5.41, 5.74) is 1.21. The Morgan fingerprint density at radius 1 is 1.05 bits per heavy atom. The highest BCUT2D eigenvalue weighted by molar-refractivity contribution is 7.98. The maximum absolute atomic E-state index is 6.06. The smallest absolute Gasteiger partial charge is 0.299 e. The predicted molar refractivity (Wildman–Crippen MR) is 93.9 cm³/mol. The van der Waals surface area contributed by atoms with Crippen molar-refractivity contribution in [2.75, 3.05) is 13.1 Å². The van der Waals surface area contributed by atoms with E-state index in [0.29, 0.717) is 11.9 Å². The molecule has 0 amide bonds. The SMILES string of the molecule is c1ccc(CO/C(=N/SC2CCCCC2)N2CCCC2)cc1. The average molecular weight is 318 g/mol. The average Bonchev–Trinajstić information content (AvgIpc) is 3.11. The van der Waals surface area contributed by atoms with E-state index in [2.05, 4.69) is 29.2 Å². The minimum absolute atomic E-state index is 0.612. The van der Waals surface area contributed by atoms with Gasteiger partial charge in [0.05, 0.1) is 0 Å². The highest BCUT2D eigenvalue weighted by atomic mass is 32.2. The number of likely N-dealkylation sites (tertiary alicyclic amines) is 1. The number of hydrogen-bond donors (Lipinski definition) is 0. The van der Waals surface area contributed by atoms with Crippen molar-refractivity contribution in [1.29, 1.82) is 0 Å². The van der Waals surface area contributed by atoms with E-state index < -0.39 is 0 Å². The molecular formula is C18H26N2OS. The Hall–Kier alpha value is -1.16. The molecule has 1 aromatic carbocycles. The van der Waals surface area contributed by atoms with Crippen LogP contribution in [0, 0.1) is 0 Å². The van der Waals surface area contributed by atoms with Crippen molar-refractivity contribution < 1.29 is 4.74 Å². The van der Waals surface area contributed by atoms with Crippen LogP contribution < -0.4 is 0 Å². The summed E-state index contributed by atoms with van der Waals surface area (Å²) >= 11 is 1.75. The van der Waals surface area contributed by atoms with Gasteiger partial charge in [0, 0.05) is 18.3 Å². The van der Waals surface area contributed by atoms with Crippen LogP contribution in [0.4, 0.5) is 0 Å². The fourth-order valence-electron chi connectivity index (χ4n) is 3.10. The van der Waals surface area contributed by atoms with E-state index in [1.807, 2.05) is 6.07 Å².